The van der Waals surface area contributed by atoms with E-state index >= 15 is 0 Å². The van der Waals surface area contributed by atoms with E-state index in [0.29, 0.717) is 5.76 Å². The quantitative estimate of drug-likeness (QED) is 0.821. The third-order valence-electron chi connectivity index (χ3n) is 2.00. The first kappa shape index (κ1) is 12.4. The Balaban J connectivity index is 2.52. The van der Waals surface area contributed by atoms with Gasteiger partial charge in [0.15, 0.2) is 0 Å². The third-order valence-corrected chi connectivity index (χ3v) is 3.30. The van der Waals surface area contributed by atoms with Gasteiger partial charge in [-0.05, 0) is 13.0 Å². The van der Waals surface area contributed by atoms with Gasteiger partial charge in [0, 0.05) is 17.2 Å². The van der Waals surface area contributed by atoms with E-state index in [9.17, 15) is 13.2 Å². The van der Waals surface area contributed by atoms with Crippen LogP contribution in [0.1, 0.15) is 5.76 Å². The molecule has 0 aliphatic heterocycles. The molecule has 0 amide bonds. The van der Waals surface area contributed by atoms with Gasteiger partial charge < -0.3 is 10.2 Å². The molecule has 1 heterocycles. The molecule has 0 aromatic carbocycles. The highest BCUT2D eigenvalue weighted by Gasteiger charge is 2.38. The van der Waals surface area contributed by atoms with Crippen LogP contribution in [0.3, 0.4) is 0 Å². The zero-order valence-electron chi connectivity index (χ0n) is 8.17. The van der Waals surface area contributed by atoms with Gasteiger partial charge in [0.05, 0.1) is 12.2 Å². The number of nitrogens with two attached hydrogens (primary N) is 1. The van der Waals surface area contributed by atoms with Crippen molar-refractivity contribution in [3.63, 3.8) is 0 Å². The molecule has 0 fully saturated rings. The van der Waals surface area contributed by atoms with E-state index in [0.717, 1.165) is 16.7 Å². The first-order chi connectivity index (χ1) is 6.95. The Morgan fingerprint density at radius 3 is 2.60 bits per heavy atom. The van der Waals surface area contributed by atoms with Crippen LogP contribution in [0.15, 0.2) is 21.6 Å². The minimum Gasteiger partial charge on any atom is -0.468 e. The summed E-state index contributed by atoms with van der Waals surface area (Å²) >= 11 is 1.12. The molecule has 0 saturated heterocycles. The summed E-state index contributed by atoms with van der Waals surface area (Å²) in [7, 11) is 0. The van der Waals surface area contributed by atoms with Crippen LogP contribution in [0.2, 0.25) is 0 Å². The molecule has 6 heteroatoms. The first-order valence-corrected chi connectivity index (χ1v) is 5.37. The minimum absolute atomic E-state index is 0.0691. The predicted molar refractivity (Wildman–Crippen MR) is 52.8 cm³/mol. The maximum absolute atomic E-state index is 12.3. The number of rotatable bonds is 4. The van der Waals surface area contributed by atoms with Gasteiger partial charge in [-0.2, -0.15) is 13.2 Å². The normalized spacial score (nSPS) is 14.2. The molecular formula is C9H12F3NOS. The first-order valence-electron chi connectivity index (χ1n) is 4.39. The summed E-state index contributed by atoms with van der Waals surface area (Å²) in [6.45, 7) is 1.33. The van der Waals surface area contributed by atoms with Crippen LogP contribution >= 0.6 is 11.8 Å². The topological polar surface area (TPSA) is 39.2 Å². The van der Waals surface area contributed by atoms with Crippen LogP contribution in [-0.4, -0.2) is 18.5 Å². The van der Waals surface area contributed by atoms with Gasteiger partial charge in [-0.1, -0.05) is 0 Å². The number of halogens is 3. The van der Waals surface area contributed by atoms with Crippen molar-refractivity contribution in [3.8, 4) is 0 Å². The lowest BCUT2D eigenvalue weighted by molar-refractivity contribution is -0.165. The van der Waals surface area contributed by atoms with E-state index in [4.69, 9.17) is 10.2 Å². The molecule has 0 aliphatic carbocycles. The van der Waals surface area contributed by atoms with Crippen LogP contribution < -0.4 is 5.73 Å². The van der Waals surface area contributed by atoms with Crippen molar-refractivity contribution in [2.24, 2.45) is 11.7 Å². The maximum atomic E-state index is 12.3. The molecule has 86 valence electrons. The number of hydrogen-bond acceptors (Lipinski definition) is 3. The Hall–Kier alpha value is -0.620. The molecule has 1 unspecified atom stereocenters. The molecule has 2 nitrogen and oxygen atoms in total. The van der Waals surface area contributed by atoms with Crippen LogP contribution in [0.5, 0.6) is 0 Å². The third kappa shape index (κ3) is 3.46. The van der Waals surface area contributed by atoms with Gasteiger partial charge in [-0.25, -0.2) is 0 Å². The summed E-state index contributed by atoms with van der Waals surface area (Å²) < 4.78 is 42.0. The summed E-state index contributed by atoms with van der Waals surface area (Å²) in [5, 5.41) is 0. The SMILES string of the molecule is Cc1occc1SCC(CN)C(F)(F)F. The molecule has 1 aromatic rings. The molecule has 0 saturated carbocycles. The van der Waals surface area contributed by atoms with Gasteiger partial charge in [0.2, 0.25) is 0 Å². The second-order valence-electron chi connectivity index (χ2n) is 3.13. The van der Waals surface area contributed by atoms with Gasteiger partial charge in [-0.3, -0.25) is 0 Å². The highest BCUT2D eigenvalue weighted by Crippen LogP contribution is 2.32. The Kier molecular flexibility index (Phi) is 4.10. The maximum Gasteiger partial charge on any atom is 0.393 e. The number of aryl methyl sites for hydroxylation is 1. The Morgan fingerprint density at radius 2 is 2.20 bits per heavy atom. The highest BCUT2D eigenvalue weighted by atomic mass is 32.2. The van der Waals surface area contributed by atoms with E-state index in [1.807, 2.05) is 0 Å². The molecule has 0 bridgehead atoms. The average Bonchev–Trinajstić information content (AvgIpc) is 2.50. The monoisotopic (exact) mass is 239 g/mol. The van der Waals surface area contributed by atoms with Crippen LogP contribution in [0.4, 0.5) is 13.2 Å². The number of furan rings is 1. The van der Waals surface area contributed by atoms with Crippen molar-refractivity contribution >= 4 is 11.8 Å². The van der Waals surface area contributed by atoms with Crippen molar-refractivity contribution in [2.45, 2.75) is 18.0 Å². The van der Waals surface area contributed by atoms with Crippen molar-refractivity contribution in [2.75, 3.05) is 12.3 Å². The van der Waals surface area contributed by atoms with Gasteiger partial charge >= 0.3 is 6.18 Å². The second-order valence-corrected chi connectivity index (χ2v) is 4.19. The average molecular weight is 239 g/mol. The van der Waals surface area contributed by atoms with E-state index in [-0.39, 0.29) is 12.3 Å². The fraction of sp³-hybridized carbons (Fsp3) is 0.556. The van der Waals surface area contributed by atoms with E-state index in [2.05, 4.69) is 0 Å². The van der Waals surface area contributed by atoms with Crippen LogP contribution in [0.25, 0.3) is 0 Å². The lowest BCUT2D eigenvalue weighted by Crippen LogP contribution is -2.32. The lowest BCUT2D eigenvalue weighted by Gasteiger charge is -2.17. The molecule has 1 atom stereocenters. The minimum atomic E-state index is -4.22. The van der Waals surface area contributed by atoms with Crippen molar-refractivity contribution in [1.29, 1.82) is 0 Å². The summed E-state index contributed by atoms with van der Waals surface area (Å²) in [6.07, 6.45) is -2.76. The van der Waals surface area contributed by atoms with Crippen molar-refractivity contribution in [3.05, 3.63) is 18.1 Å². The molecule has 1 aromatic heterocycles. The van der Waals surface area contributed by atoms with Crippen LogP contribution in [0, 0.1) is 12.8 Å². The van der Waals surface area contributed by atoms with E-state index in [1.54, 1.807) is 13.0 Å². The molecule has 0 aliphatic rings. The summed E-state index contributed by atoms with van der Waals surface area (Å²) in [6, 6.07) is 1.66. The fourth-order valence-corrected chi connectivity index (χ4v) is 2.12. The molecule has 1 rings (SSSR count). The summed E-state index contributed by atoms with van der Waals surface area (Å²) in [5.41, 5.74) is 5.08. The Bertz CT molecular complexity index is 311. The predicted octanol–water partition coefficient (Wildman–Crippen LogP) is 2.82. The molecule has 2 N–H and O–H groups in total. The molecule has 15 heavy (non-hydrogen) atoms. The molecule has 0 radical (unpaired) electrons. The van der Waals surface area contributed by atoms with Gasteiger partial charge in [-0.15, -0.1) is 11.8 Å². The largest absolute Gasteiger partial charge is 0.468 e. The number of thioether (sulfide) groups is 1. The van der Waals surface area contributed by atoms with Gasteiger partial charge in [0.25, 0.3) is 0 Å². The standard InChI is InChI=1S/C9H12F3NOS/c1-6-8(2-3-14-6)15-5-7(4-13)9(10,11)12/h2-3,7H,4-5,13H2,1H3. The van der Waals surface area contributed by atoms with Crippen molar-refractivity contribution < 1.29 is 17.6 Å². The Labute approximate surface area is 90.0 Å². The molecular weight excluding hydrogens is 227 g/mol. The second kappa shape index (κ2) is 4.94. The smallest absolute Gasteiger partial charge is 0.393 e. The summed E-state index contributed by atoms with van der Waals surface area (Å²) in [5.74, 6) is -0.893. The lowest BCUT2D eigenvalue weighted by atomic mass is 10.2. The summed E-state index contributed by atoms with van der Waals surface area (Å²) in [4.78, 5) is 0.734. The van der Waals surface area contributed by atoms with E-state index < -0.39 is 12.1 Å². The number of alkyl halides is 3. The van der Waals surface area contributed by atoms with Gasteiger partial charge in [0.1, 0.15) is 5.76 Å². The number of hydrogen-bond donors (Lipinski definition) is 1. The zero-order chi connectivity index (χ0) is 11.5. The van der Waals surface area contributed by atoms with Crippen molar-refractivity contribution in [1.82, 2.24) is 0 Å². The van der Waals surface area contributed by atoms with E-state index in [1.165, 1.54) is 6.26 Å². The van der Waals surface area contributed by atoms with Crippen LogP contribution in [-0.2, 0) is 0 Å². The molecule has 0 spiro atoms. The Morgan fingerprint density at radius 1 is 1.53 bits per heavy atom. The fourth-order valence-electron chi connectivity index (χ4n) is 1.01. The highest BCUT2D eigenvalue weighted by molar-refractivity contribution is 7.99. The zero-order valence-corrected chi connectivity index (χ0v) is 8.99.